The summed E-state index contributed by atoms with van der Waals surface area (Å²) in [7, 11) is 3.62. The van der Waals surface area contributed by atoms with Crippen LogP contribution in [0.3, 0.4) is 0 Å². The number of rotatable bonds is 27. The van der Waals surface area contributed by atoms with Crippen LogP contribution in [0.25, 0.3) is 0 Å². The number of esters is 4. The van der Waals surface area contributed by atoms with Gasteiger partial charge in [-0.2, -0.15) is 15.0 Å². The minimum atomic E-state index is -0.850. The third-order valence-corrected chi connectivity index (χ3v) is 15.9. The second kappa shape index (κ2) is 66.2. The molecule has 1 unspecified atom stereocenters. The fourth-order valence-electron chi connectivity index (χ4n) is 10.00. The van der Waals surface area contributed by atoms with Crippen LogP contribution in [0.15, 0.2) is 0 Å². The maximum atomic E-state index is 11.6. The molecule has 3 heterocycles. The molecule has 0 aliphatic carbocycles. The van der Waals surface area contributed by atoms with E-state index in [2.05, 4.69) is 174 Å². The molecule has 0 amide bonds. The highest BCUT2D eigenvalue weighted by atomic mass is 19.1. The quantitative estimate of drug-likeness (QED) is 0.0265. The molecule has 2 aliphatic rings. The molecule has 686 valence electrons. The van der Waals surface area contributed by atoms with Gasteiger partial charge in [0.2, 0.25) is 5.78 Å². The Labute approximate surface area is 707 Å². The van der Waals surface area contributed by atoms with E-state index in [4.69, 9.17) is 37.9 Å². The van der Waals surface area contributed by atoms with Gasteiger partial charge in [0.25, 0.3) is 0 Å². The number of aryl methyl sites for hydroxylation is 2. The number of nitrogens with zero attached hydrogens (tertiary/aromatic N) is 3. The lowest BCUT2D eigenvalue weighted by molar-refractivity contribution is -0.167. The molecule has 1 atom stereocenters. The second-order valence-electron chi connectivity index (χ2n) is 43.8. The maximum Gasteiger partial charge on any atom is 0.374 e. The molecule has 114 heavy (non-hydrogen) atoms. The van der Waals surface area contributed by atoms with Gasteiger partial charge in [-0.25, -0.2) is 4.79 Å². The molecular weight excluding hydrogens is 1440 g/mol. The van der Waals surface area contributed by atoms with Crippen LogP contribution in [0.5, 0.6) is 0 Å². The molecule has 0 aromatic carbocycles. The molecule has 0 radical (unpaired) electrons. The summed E-state index contributed by atoms with van der Waals surface area (Å²) in [6.45, 7) is 94.0. The smallest absolute Gasteiger partial charge is 0.374 e. The number of aromatic nitrogens is 3. The predicted molar refractivity (Wildman–Crippen MR) is 482 cm³/mol. The average Bonchev–Trinajstić information content (AvgIpc) is 1.06. The highest BCUT2D eigenvalue weighted by Crippen LogP contribution is 2.31. The first-order valence-corrected chi connectivity index (χ1v) is 43.9. The van der Waals surface area contributed by atoms with Gasteiger partial charge in [0.1, 0.15) is 0 Å². The number of Topliss-reactive ketones (excluding diaryl/α,β-unsaturated/α-hetero) is 1. The summed E-state index contributed by atoms with van der Waals surface area (Å²) in [5, 5.41) is 8.50. The summed E-state index contributed by atoms with van der Waals surface area (Å²) >= 11 is 0. The van der Waals surface area contributed by atoms with Gasteiger partial charge >= 0.3 is 23.9 Å². The van der Waals surface area contributed by atoms with E-state index < -0.39 is 35.0 Å². The summed E-state index contributed by atoms with van der Waals surface area (Å²) in [4.78, 5) is 57.8. The maximum absolute atomic E-state index is 11.6. The Morgan fingerprint density at radius 2 is 0.877 bits per heavy atom. The second-order valence-corrected chi connectivity index (χ2v) is 43.8. The summed E-state index contributed by atoms with van der Waals surface area (Å²) < 4.78 is 57.0. The molecule has 17 nitrogen and oxygen atoms in total. The largest absolute Gasteiger partial charge is 0.465 e. The highest BCUT2D eigenvalue weighted by Gasteiger charge is 2.40. The number of ether oxygens (including phenoxy) is 9. The Kier molecular flexibility index (Phi) is 73.2. The minimum Gasteiger partial charge on any atom is -0.465 e. The normalized spacial score (nSPS) is 13.9. The van der Waals surface area contributed by atoms with E-state index in [1.54, 1.807) is 32.7 Å². The standard InChI is InChI=1S/C11H20O4.C11H22O2.C9H17N3.C9H16O3.C9H18O2.C9H20O.C9H20.C8H16O.C8H18O.C7H16.C6H13F/c1-6-14-9(12)8(11(3,4)5)10(13)15-7-2;1-11(2,3)7-5-4-6-10-12-8-9-13-10;1-7-8(6-9(2,3)4)11-12(5)10-7;1-5-12-8(11)7(10)6-9(2,3)4;1-7(2)11-8(10)6-9(3,4)5;1-9(2,3)7-5-6-8-10-4;1-5-6-7-8-9(2,3)4;1-8(2,3)6-7-4-5-9-7;1-5-9-7-6-8(2,3)4;1-5-6-7(2,3)4;1-6(2,3)4-5-7/h8H,6-7H2,1-5H3;10H,4-9H2,1-3H3;6H2,1-5H3;5-6H2,1-4H3;7H,6H2,1-5H3;5-8H2,1-4H3;5-8H2,1-4H3;7H,4-6H2,1-3H3;5-7H2,1-4H3;5-6H2,1-4H3;4-5H2,1-3H3. The van der Waals surface area contributed by atoms with E-state index in [1.165, 1.54) is 89.9 Å². The third-order valence-electron chi connectivity index (χ3n) is 15.9. The van der Waals surface area contributed by atoms with Crippen LogP contribution in [-0.2, 0) is 80.1 Å². The van der Waals surface area contributed by atoms with E-state index in [0.717, 1.165) is 70.3 Å². The molecule has 18 heteroatoms. The first-order valence-electron chi connectivity index (χ1n) is 43.9. The van der Waals surface area contributed by atoms with Gasteiger partial charge in [0.15, 0.2) is 12.2 Å². The molecular formula is C96H196FN3O14. The van der Waals surface area contributed by atoms with Crippen LogP contribution < -0.4 is 0 Å². The Morgan fingerprint density at radius 3 is 1.14 bits per heavy atom. The number of methoxy groups -OCH3 is 1. The van der Waals surface area contributed by atoms with Crippen molar-refractivity contribution >= 4 is 29.7 Å². The van der Waals surface area contributed by atoms with E-state index in [9.17, 15) is 28.4 Å². The lowest BCUT2D eigenvalue weighted by Gasteiger charge is -2.32. The van der Waals surface area contributed by atoms with Crippen LogP contribution in [0.2, 0.25) is 0 Å². The zero-order valence-corrected chi connectivity index (χ0v) is 84.0. The lowest BCUT2D eigenvalue weighted by Crippen LogP contribution is -2.38. The van der Waals surface area contributed by atoms with Crippen LogP contribution in [0.4, 0.5) is 4.39 Å². The third kappa shape index (κ3) is 108. The topological polar surface area (TPSA) is 199 Å². The van der Waals surface area contributed by atoms with Crippen LogP contribution in [0.1, 0.15) is 417 Å². The zero-order chi connectivity index (χ0) is 91.4. The summed E-state index contributed by atoms with van der Waals surface area (Å²) in [5.41, 5.74) is 4.97. The summed E-state index contributed by atoms with van der Waals surface area (Å²) in [5.74, 6) is -3.13. The van der Waals surface area contributed by atoms with E-state index >= 15 is 0 Å². The van der Waals surface area contributed by atoms with Gasteiger partial charge in [0, 0.05) is 47.0 Å². The molecule has 2 aliphatic heterocycles. The average molecular weight is 1640 g/mol. The Hall–Kier alpha value is -3.58. The Morgan fingerprint density at radius 1 is 0.465 bits per heavy atom. The van der Waals surface area contributed by atoms with Gasteiger partial charge < -0.3 is 42.6 Å². The van der Waals surface area contributed by atoms with Gasteiger partial charge in [-0.3, -0.25) is 23.6 Å². The molecule has 2 fully saturated rings. The van der Waals surface area contributed by atoms with Gasteiger partial charge in [-0.15, -0.1) is 0 Å². The number of alkyl halides is 1. The fourth-order valence-corrected chi connectivity index (χ4v) is 10.00. The number of hydrogen-bond donors (Lipinski definition) is 0. The number of halogens is 1. The first-order chi connectivity index (χ1) is 51.4. The summed E-state index contributed by atoms with van der Waals surface area (Å²) in [6.07, 6.45) is 23.5. The molecule has 2 saturated heterocycles. The van der Waals surface area contributed by atoms with Gasteiger partial charge in [0.05, 0.1) is 69.7 Å². The first kappa shape index (κ1) is 126. The van der Waals surface area contributed by atoms with Crippen molar-refractivity contribution in [3.05, 3.63) is 11.4 Å². The molecule has 0 spiro atoms. The van der Waals surface area contributed by atoms with Crippen molar-refractivity contribution in [2.24, 2.45) is 72.5 Å². The van der Waals surface area contributed by atoms with Crippen LogP contribution >= 0.6 is 0 Å². The lowest BCUT2D eigenvalue weighted by atomic mass is 9.81. The molecule has 0 N–H and O–H groups in total. The van der Waals surface area contributed by atoms with Crippen molar-refractivity contribution in [3.63, 3.8) is 0 Å². The van der Waals surface area contributed by atoms with Crippen molar-refractivity contribution in [1.82, 2.24) is 15.0 Å². The molecule has 1 aromatic heterocycles. The Balaban J connectivity index is -0.000000182. The summed E-state index contributed by atoms with van der Waals surface area (Å²) in [6, 6.07) is 0. The monoisotopic (exact) mass is 1630 g/mol. The van der Waals surface area contributed by atoms with E-state index in [-0.39, 0.29) is 67.5 Å². The fraction of sp³-hybridized carbons (Fsp3) is 0.927. The van der Waals surface area contributed by atoms with E-state index in [1.807, 2.05) is 118 Å². The predicted octanol–water partition coefficient (Wildman–Crippen LogP) is 26.7. The number of carbonyl (C=O) groups excluding carboxylic acids is 5. The number of ketones is 1. The molecule has 1 aromatic rings. The number of hydrogen-bond acceptors (Lipinski definition) is 16. The zero-order valence-electron chi connectivity index (χ0n) is 84.0. The SMILES string of the molecule is CC(C)(C)CC1CCO1.CC(C)(C)CCCCC1OCCO1.CC(C)(C)CCF.CC(C)OC(=O)CC(C)(C)C.CCCC(C)(C)C.CCCCCC(C)(C)C.CCOC(=O)C(=O)CC(C)(C)C.CCOC(=O)C(C(=O)OCC)C(C)(C)C.CCOCCC(C)(C)C.COCCCCC(C)(C)C.Cc1nn(C)nc1CC(C)(C)C. The van der Waals surface area contributed by atoms with Crippen molar-refractivity contribution in [1.29, 1.82) is 0 Å². The van der Waals surface area contributed by atoms with Crippen molar-refractivity contribution in [2.45, 2.75) is 438 Å². The van der Waals surface area contributed by atoms with Crippen molar-refractivity contribution < 1.29 is 71.0 Å². The van der Waals surface area contributed by atoms with Gasteiger partial charge in [-0.1, -0.05) is 281 Å². The number of carbonyl (C=O) groups is 5. The van der Waals surface area contributed by atoms with Gasteiger partial charge in [-0.05, 0) is 185 Å². The van der Waals surface area contributed by atoms with Crippen molar-refractivity contribution in [3.8, 4) is 0 Å². The van der Waals surface area contributed by atoms with E-state index in [0.29, 0.717) is 56.9 Å². The molecule has 0 saturated carbocycles. The molecule has 0 bridgehead atoms. The highest BCUT2D eigenvalue weighted by molar-refractivity contribution is 6.33. The van der Waals surface area contributed by atoms with Crippen LogP contribution in [0, 0.1) is 72.4 Å². The molecule has 3 rings (SSSR count). The minimum absolute atomic E-state index is 0.00449. The Bertz CT molecular complexity index is 2390. The van der Waals surface area contributed by atoms with Crippen LogP contribution in [-0.4, -0.2) is 136 Å². The number of unbranched alkanes of at least 4 members (excludes halogenated alkanes) is 4. The van der Waals surface area contributed by atoms with Crippen molar-refractivity contribution in [2.75, 3.05) is 73.2 Å².